The highest BCUT2D eigenvalue weighted by molar-refractivity contribution is 9.18. The molecule has 1 atom stereocenters. The van der Waals surface area contributed by atoms with E-state index in [1.165, 1.54) is 0 Å². The summed E-state index contributed by atoms with van der Waals surface area (Å²) in [4.78, 5) is 14.1. The summed E-state index contributed by atoms with van der Waals surface area (Å²) in [5.41, 5.74) is 7.83. The molecule has 0 saturated carbocycles. The Hall–Kier alpha value is -1.13. The van der Waals surface area contributed by atoms with Gasteiger partial charge in [-0.2, -0.15) is 0 Å². The number of carbonyl (C=O) groups excluding carboxylic acids is 1. The van der Waals surface area contributed by atoms with Crippen LogP contribution in [0, 0.1) is 0 Å². The predicted molar refractivity (Wildman–Crippen MR) is 63.9 cm³/mol. The Labute approximate surface area is 95.8 Å². The fourth-order valence-corrected chi connectivity index (χ4v) is 1.78. The number of benzene rings is 1. The highest BCUT2D eigenvalue weighted by atomic mass is 79.9. The molecule has 0 aliphatic carbocycles. The van der Waals surface area contributed by atoms with Crippen molar-refractivity contribution in [3.63, 3.8) is 0 Å². The van der Waals surface area contributed by atoms with Crippen LogP contribution < -0.4 is 5.73 Å². The largest absolute Gasteiger partial charge is 0.361 e. The van der Waals surface area contributed by atoms with Gasteiger partial charge in [0.25, 0.3) is 0 Å². The molecule has 3 nitrogen and oxygen atoms in total. The molecule has 0 aliphatic heterocycles. The number of H-pyrrole nitrogens is 1. The van der Waals surface area contributed by atoms with E-state index in [9.17, 15) is 4.79 Å². The fraction of sp³-hybridized carbons (Fsp3) is 0.182. The van der Waals surface area contributed by atoms with Gasteiger partial charge in [-0.05, 0) is 34.0 Å². The zero-order valence-corrected chi connectivity index (χ0v) is 9.62. The number of carbonyl (C=O) groups is 1. The highest BCUT2D eigenvalue weighted by Crippen LogP contribution is 2.19. The predicted octanol–water partition coefficient (Wildman–Crippen LogP) is 1.96. The quantitative estimate of drug-likeness (QED) is 0.835. The first kappa shape index (κ1) is 10.4. The SMILES string of the molecule is N[C@@H](Cc1c[nH]c2ccccc12)C(=O)Br. The van der Waals surface area contributed by atoms with Gasteiger partial charge in [-0.3, -0.25) is 4.79 Å². The Balaban J connectivity index is 2.32. The van der Waals surface area contributed by atoms with Gasteiger partial charge in [0, 0.05) is 17.1 Å². The van der Waals surface area contributed by atoms with E-state index >= 15 is 0 Å². The minimum atomic E-state index is -0.482. The summed E-state index contributed by atoms with van der Waals surface area (Å²) in [6.45, 7) is 0. The summed E-state index contributed by atoms with van der Waals surface area (Å²) in [5.74, 6) is 0. The number of aromatic amines is 1. The van der Waals surface area contributed by atoms with Gasteiger partial charge in [-0.1, -0.05) is 18.2 Å². The number of nitrogens with one attached hydrogen (secondary N) is 1. The van der Waals surface area contributed by atoms with Crippen LogP contribution in [-0.2, 0) is 11.2 Å². The standard InChI is InChI=1S/C11H11BrN2O/c12-11(15)9(13)5-7-6-14-10-4-2-1-3-8(7)10/h1-4,6,9,14H,5,13H2/t9-/m0/s1. The van der Waals surface area contributed by atoms with Gasteiger partial charge in [-0.25, -0.2) is 0 Å². The van der Waals surface area contributed by atoms with Gasteiger partial charge in [0.05, 0.1) is 6.04 Å². The van der Waals surface area contributed by atoms with Gasteiger partial charge in [-0.15, -0.1) is 0 Å². The minimum absolute atomic E-state index is 0.159. The van der Waals surface area contributed by atoms with Crippen molar-refractivity contribution in [1.82, 2.24) is 4.98 Å². The first-order valence-corrected chi connectivity index (χ1v) is 5.47. The Morgan fingerprint density at radius 1 is 1.47 bits per heavy atom. The molecular formula is C11H11BrN2O. The lowest BCUT2D eigenvalue weighted by Crippen LogP contribution is -2.28. The Morgan fingerprint density at radius 2 is 2.20 bits per heavy atom. The van der Waals surface area contributed by atoms with E-state index in [2.05, 4.69) is 20.9 Å². The average Bonchev–Trinajstić information content (AvgIpc) is 2.62. The van der Waals surface area contributed by atoms with Crippen molar-refractivity contribution in [1.29, 1.82) is 0 Å². The molecule has 15 heavy (non-hydrogen) atoms. The summed E-state index contributed by atoms with van der Waals surface area (Å²) in [7, 11) is 0. The van der Waals surface area contributed by atoms with Crippen molar-refractivity contribution >= 4 is 31.5 Å². The van der Waals surface area contributed by atoms with Gasteiger partial charge in [0.2, 0.25) is 4.69 Å². The van der Waals surface area contributed by atoms with Crippen LogP contribution in [0.5, 0.6) is 0 Å². The Bertz CT molecular complexity index is 492. The molecular weight excluding hydrogens is 256 g/mol. The molecule has 0 spiro atoms. The third-order valence-corrected chi connectivity index (χ3v) is 2.99. The molecule has 0 saturated heterocycles. The third-order valence-electron chi connectivity index (χ3n) is 2.41. The number of para-hydroxylation sites is 1. The van der Waals surface area contributed by atoms with Crippen LogP contribution in [0.3, 0.4) is 0 Å². The summed E-state index contributed by atoms with van der Waals surface area (Å²) in [6, 6.07) is 7.48. The van der Waals surface area contributed by atoms with E-state index in [4.69, 9.17) is 5.73 Å². The first-order valence-electron chi connectivity index (χ1n) is 4.68. The lowest BCUT2D eigenvalue weighted by molar-refractivity contribution is -0.111. The van der Waals surface area contributed by atoms with Crippen LogP contribution in [0.2, 0.25) is 0 Å². The average molecular weight is 267 g/mol. The van der Waals surface area contributed by atoms with Crippen molar-refractivity contribution in [3.05, 3.63) is 36.0 Å². The molecule has 0 unspecified atom stereocenters. The van der Waals surface area contributed by atoms with Gasteiger partial charge in [0.15, 0.2) is 0 Å². The van der Waals surface area contributed by atoms with E-state index in [0.717, 1.165) is 16.5 Å². The second-order valence-corrected chi connectivity index (χ2v) is 4.26. The molecule has 1 heterocycles. The number of aromatic nitrogens is 1. The zero-order valence-electron chi connectivity index (χ0n) is 8.03. The molecule has 78 valence electrons. The van der Waals surface area contributed by atoms with Crippen LogP contribution in [0.4, 0.5) is 0 Å². The third kappa shape index (κ3) is 2.11. The van der Waals surface area contributed by atoms with Gasteiger partial charge < -0.3 is 10.7 Å². The maximum absolute atomic E-state index is 11.0. The molecule has 0 amide bonds. The number of halogens is 1. The van der Waals surface area contributed by atoms with Crippen molar-refractivity contribution in [2.75, 3.05) is 0 Å². The number of nitrogens with two attached hydrogens (primary N) is 1. The second kappa shape index (κ2) is 4.16. The number of rotatable bonds is 3. The van der Waals surface area contributed by atoms with Gasteiger partial charge in [0.1, 0.15) is 0 Å². The number of hydrogen-bond acceptors (Lipinski definition) is 2. The molecule has 0 aliphatic rings. The molecule has 2 aromatic rings. The molecule has 1 aromatic heterocycles. The smallest absolute Gasteiger partial charge is 0.214 e. The van der Waals surface area contributed by atoms with Crippen LogP contribution >= 0.6 is 15.9 Å². The summed E-state index contributed by atoms with van der Waals surface area (Å²) in [6.07, 6.45) is 2.45. The van der Waals surface area contributed by atoms with Crippen LogP contribution in [0.25, 0.3) is 10.9 Å². The zero-order chi connectivity index (χ0) is 10.8. The summed E-state index contributed by atoms with van der Waals surface area (Å²) < 4.78 is -0.159. The molecule has 1 aromatic carbocycles. The summed E-state index contributed by atoms with van der Waals surface area (Å²) in [5, 5.41) is 1.13. The van der Waals surface area contributed by atoms with Crippen LogP contribution in [0.1, 0.15) is 5.56 Å². The topological polar surface area (TPSA) is 58.9 Å². The molecule has 0 radical (unpaired) electrons. The van der Waals surface area contributed by atoms with E-state index < -0.39 is 6.04 Å². The normalized spacial score (nSPS) is 12.9. The van der Waals surface area contributed by atoms with Crippen molar-refractivity contribution < 1.29 is 4.79 Å². The molecule has 3 N–H and O–H groups in total. The van der Waals surface area contributed by atoms with E-state index in [-0.39, 0.29) is 4.69 Å². The number of hydrogen-bond donors (Lipinski definition) is 2. The highest BCUT2D eigenvalue weighted by Gasteiger charge is 2.13. The van der Waals surface area contributed by atoms with Crippen molar-refractivity contribution in [2.45, 2.75) is 12.5 Å². The maximum atomic E-state index is 11.0. The monoisotopic (exact) mass is 266 g/mol. The molecule has 2 rings (SSSR count). The number of fused-ring (bicyclic) bond motifs is 1. The molecule has 4 heteroatoms. The molecule has 0 fully saturated rings. The minimum Gasteiger partial charge on any atom is -0.361 e. The van der Waals surface area contributed by atoms with E-state index in [0.29, 0.717) is 6.42 Å². The van der Waals surface area contributed by atoms with Crippen LogP contribution in [-0.4, -0.2) is 15.7 Å². The second-order valence-electron chi connectivity index (χ2n) is 3.47. The van der Waals surface area contributed by atoms with Crippen molar-refractivity contribution in [2.24, 2.45) is 5.73 Å². The lowest BCUT2D eigenvalue weighted by Gasteiger charge is -2.04. The fourth-order valence-electron chi connectivity index (χ4n) is 1.62. The summed E-state index contributed by atoms with van der Waals surface area (Å²) >= 11 is 2.88. The van der Waals surface area contributed by atoms with E-state index in [1.54, 1.807) is 0 Å². The van der Waals surface area contributed by atoms with E-state index in [1.807, 2.05) is 30.5 Å². The Kier molecular flexibility index (Phi) is 2.88. The van der Waals surface area contributed by atoms with Crippen LogP contribution in [0.15, 0.2) is 30.5 Å². The van der Waals surface area contributed by atoms with Crippen molar-refractivity contribution in [3.8, 4) is 0 Å². The maximum Gasteiger partial charge on any atom is 0.214 e. The Morgan fingerprint density at radius 3 is 2.93 bits per heavy atom. The lowest BCUT2D eigenvalue weighted by atomic mass is 10.1. The first-order chi connectivity index (χ1) is 7.18. The van der Waals surface area contributed by atoms with Gasteiger partial charge >= 0.3 is 0 Å². The molecule has 0 bridgehead atoms.